The van der Waals surface area contributed by atoms with Crippen molar-refractivity contribution in [2.75, 3.05) is 50.8 Å². The molecule has 4 heterocycles. The fraction of sp³-hybridized carbons (Fsp3) is 0.630. The fourth-order valence-corrected chi connectivity index (χ4v) is 7.05. The van der Waals surface area contributed by atoms with Crippen LogP contribution in [0.1, 0.15) is 54.3 Å². The lowest BCUT2D eigenvalue weighted by Gasteiger charge is -2.30. The maximum absolute atomic E-state index is 13.4. The third kappa shape index (κ3) is 5.06. The van der Waals surface area contributed by atoms with E-state index in [9.17, 15) is 9.90 Å². The number of aliphatic hydroxyl groups excluding tert-OH is 1. The molecule has 6 rings (SSSR count). The molecule has 0 bridgehead atoms. The summed E-state index contributed by atoms with van der Waals surface area (Å²) in [6.45, 7) is 5.22. The summed E-state index contributed by atoms with van der Waals surface area (Å²) in [4.78, 5) is 24.4. The van der Waals surface area contributed by atoms with Crippen LogP contribution >= 0.6 is 11.3 Å². The number of anilines is 1. The number of carbonyl (C=O) groups is 1. The van der Waals surface area contributed by atoms with E-state index >= 15 is 0 Å². The molecule has 2 aromatic rings. The molecule has 1 amide bonds. The number of aryl methyl sites for hydroxylation is 2. The number of carbonyl (C=O) groups excluding carboxylic acids is 1. The number of rotatable bonds is 7. The molecule has 9 heteroatoms. The number of nitrogens with one attached hydrogen (secondary N) is 1. The van der Waals surface area contributed by atoms with Gasteiger partial charge >= 0.3 is 0 Å². The molecule has 0 saturated carbocycles. The second-order valence-corrected chi connectivity index (χ2v) is 11.5. The Morgan fingerprint density at radius 1 is 1.11 bits per heavy atom. The zero-order chi connectivity index (χ0) is 24.5. The molecule has 1 aliphatic carbocycles. The third-order valence-electron chi connectivity index (χ3n) is 7.93. The van der Waals surface area contributed by atoms with Crippen molar-refractivity contribution < 1.29 is 19.4 Å². The van der Waals surface area contributed by atoms with E-state index in [1.807, 2.05) is 29.5 Å². The predicted octanol–water partition coefficient (Wildman–Crippen LogP) is 2.93. The van der Waals surface area contributed by atoms with E-state index < -0.39 is 6.10 Å². The molecule has 2 N–H and O–H groups in total. The molecule has 2 fully saturated rings. The lowest BCUT2D eigenvalue weighted by molar-refractivity contribution is -0.126. The summed E-state index contributed by atoms with van der Waals surface area (Å²) in [6, 6.07) is 5.19. The normalized spacial score (nSPS) is 23.4. The number of aromatic nitrogens is 1. The minimum Gasteiger partial charge on any atom is -0.486 e. The number of fused-ring (bicyclic) bond motifs is 2. The zero-order valence-electron chi connectivity index (χ0n) is 20.8. The monoisotopic (exact) mass is 512 g/mol. The Hall–Kier alpha value is -2.36. The number of aliphatic hydroxyl groups is 1. The second-order valence-electron chi connectivity index (χ2n) is 10.5. The third-order valence-corrected chi connectivity index (χ3v) is 9.15. The summed E-state index contributed by atoms with van der Waals surface area (Å²) in [5.41, 5.74) is 2.01. The summed E-state index contributed by atoms with van der Waals surface area (Å²) in [5, 5.41) is 15.7. The molecule has 4 aliphatic rings. The van der Waals surface area contributed by atoms with Crippen molar-refractivity contribution >= 4 is 22.4 Å². The van der Waals surface area contributed by atoms with E-state index in [4.69, 9.17) is 14.5 Å². The topological polar surface area (TPSA) is 87.2 Å². The van der Waals surface area contributed by atoms with Crippen LogP contribution in [0.2, 0.25) is 0 Å². The largest absolute Gasteiger partial charge is 0.486 e. The standard InChI is InChI=1S/C27H36N4O4S/c32-25(18-7-8-22-23(15-18)35-14-13-34-22)21(17-30-10-3-4-11-30)28-26(33)19-9-12-31(16-19)27-29-20-5-1-2-6-24(20)36-27/h7-8,15,19,21,25,32H,1-6,9-14,16-17H2,(H,28,33). The van der Waals surface area contributed by atoms with Crippen molar-refractivity contribution in [3.8, 4) is 11.5 Å². The van der Waals surface area contributed by atoms with Gasteiger partial charge in [0.15, 0.2) is 16.6 Å². The van der Waals surface area contributed by atoms with Gasteiger partial charge in [0, 0.05) is 24.5 Å². The summed E-state index contributed by atoms with van der Waals surface area (Å²) in [5.74, 6) is 1.29. The molecule has 3 aliphatic heterocycles. The van der Waals surface area contributed by atoms with Gasteiger partial charge in [-0.25, -0.2) is 4.98 Å². The SMILES string of the molecule is O=C(NC(CN1CCCC1)C(O)c1ccc2c(c1)OCCO2)C1CCN(c2nc3c(s2)CCCC3)C1. The van der Waals surface area contributed by atoms with Crippen LogP contribution in [0, 0.1) is 5.92 Å². The van der Waals surface area contributed by atoms with Crippen LogP contribution in [0.15, 0.2) is 18.2 Å². The first-order chi connectivity index (χ1) is 17.6. The number of nitrogens with zero attached hydrogens (tertiary/aromatic N) is 3. The van der Waals surface area contributed by atoms with Crippen molar-refractivity contribution in [2.45, 2.75) is 57.1 Å². The highest BCUT2D eigenvalue weighted by molar-refractivity contribution is 7.15. The molecule has 8 nitrogen and oxygen atoms in total. The van der Waals surface area contributed by atoms with Gasteiger partial charge in [0.25, 0.3) is 0 Å². The summed E-state index contributed by atoms with van der Waals surface area (Å²) in [6.07, 6.45) is 7.02. The summed E-state index contributed by atoms with van der Waals surface area (Å²) in [7, 11) is 0. The maximum atomic E-state index is 13.4. The summed E-state index contributed by atoms with van der Waals surface area (Å²) < 4.78 is 11.4. The first-order valence-electron chi connectivity index (χ1n) is 13.5. The quantitative estimate of drug-likeness (QED) is 0.590. The summed E-state index contributed by atoms with van der Waals surface area (Å²) >= 11 is 1.81. The van der Waals surface area contributed by atoms with Gasteiger partial charge in [-0.15, -0.1) is 11.3 Å². The molecule has 36 heavy (non-hydrogen) atoms. The highest BCUT2D eigenvalue weighted by Crippen LogP contribution is 2.35. The number of hydrogen-bond donors (Lipinski definition) is 2. The number of ether oxygens (including phenoxy) is 2. The molecular weight excluding hydrogens is 476 g/mol. The van der Waals surface area contributed by atoms with E-state index in [2.05, 4.69) is 15.1 Å². The second kappa shape index (κ2) is 10.6. The predicted molar refractivity (Wildman–Crippen MR) is 139 cm³/mol. The molecule has 2 saturated heterocycles. The van der Waals surface area contributed by atoms with Crippen LogP contribution in [-0.2, 0) is 17.6 Å². The highest BCUT2D eigenvalue weighted by Gasteiger charge is 2.34. The van der Waals surface area contributed by atoms with E-state index in [-0.39, 0.29) is 17.9 Å². The van der Waals surface area contributed by atoms with Gasteiger partial charge in [-0.3, -0.25) is 4.79 Å². The molecule has 3 unspecified atom stereocenters. The number of amides is 1. The Kier molecular flexibility index (Phi) is 7.04. The Morgan fingerprint density at radius 3 is 2.75 bits per heavy atom. The van der Waals surface area contributed by atoms with Crippen LogP contribution in [0.5, 0.6) is 11.5 Å². The molecule has 1 aromatic heterocycles. The van der Waals surface area contributed by atoms with Crippen molar-refractivity contribution in [1.82, 2.24) is 15.2 Å². The van der Waals surface area contributed by atoms with E-state index in [0.29, 0.717) is 37.8 Å². The van der Waals surface area contributed by atoms with Gasteiger partial charge in [0.05, 0.1) is 17.7 Å². The maximum Gasteiger partial charge on any atom is 0.225 e. The van der Waals surface area contributed by atoms with Gasteiger partial charge in [-0.1, -0.05) is 6.07 Å². The van der Waals surface area contributed by atoms with Crippen LogP contribution in [-0.4, -0.2) is 72.9 Å². The van der Waals surface area contributed by atoms with Crippen molar-refractivity contribution in [3.05, 3.63) is 34.3 Å². The average molecular weight is 513 g/mol. The fourth-order valence-electron chi connectivity index (χ4n) is 5.87. The number of benzene rings is 1. The molecule has 194 valence electrons. The lowest BCUT2D eigenvalue weighted by Crippen LogP contribution is -2.48. The minimum absolute atomic E-state index is 0.0274. The van der Waals surface area contributed by atoms with Crippen LogP contribution in [0.3, 0.4) is 0 Å². The molecule has 0 spiro atoms. The number of hydrogen-bond acceptors (Lipinski definition) is 8. The van der Waals surface area contributed by atoms with E-state index in [1.165, 1.54) is 23.4 Å². The number of likely N-dealkylation sites (tertiary alicyclic amines) is 1. The lowest BCUT2D eigenvalue weighted by atomic mass is 9.99. The van der Waals surface area contributed by atoms with Gasteiger partial charge in [0.2, 0.25) is 5.91 Å². The first kappa shape index (κ1) is 24.0. The van der Waals surface area contributed by atoms with E-state index in [0.717, 1.165) is 62.4 Å². The average Bonchev–Trinajstić information content (AvgIpc) is 3.68. The van der Waals surface area contributed by atoms with Crippen LogP contribution < -0.4 is 19.7 Å². The highest BCUT2D eigenvalue weighted by atomic mass is 32.1. The van der Waals surface area contributed by atoms with Crippen molar-refractivity contribution in [3.63, 3.8) is 0 Å². The Morgan fingerprint density at radius 2 is 1.92 bits per heavy atom. The van der Waals surface area contributed by atoms with E-state index in [1.54, 1.807) is 0 Å². The molecular formula is C27H36N4O4S. The zero-order valence-corrected chi connectivity index (χ0v) is 21.6. The molecule has 1 aromatic carbocycles. The van der Waals surface area contributed by atoms with Crippen LogP contribution in [0.4, 0.5) is 5.13 Å². The van der Waals surface area contributed by atoms with Gasteiger partial charge in [-0.05, 0) is 75.7 Å². The first-order valence-corrected chi connectivity index (χ1v) is 14.3. The van der Waals surface area contributed by atoms with Crippen molar-refractivity contribution in [2.24, 2.45) is 5.92 Å². The molecule has 0 radical (unpaired) electrons. The van der Waals surface area contributed by atoms with Gasteiger partial charge < -0.3 is 29.7 Å². The Balaban J connectivity index is 1.14. The Bertz CT molecular complexity index is 1060. The molecule has 3 atom stereocenters. The van der Waals surface area contributed by atoms with Gasteiger partial charge in [-0.2, -0.15) is 0 Å². The number of thiazole rings is 1. The van der Waals surface area contributed by atoms with Crippen molar-refractivity contribution in [1.29, 1.82) is 0 Å². The smallest absolute Gasteiger partial charge is 0.225 e. The van der Waals surface area contributed by atoms with Crippen LogP contribution in [0.25, 0.3) is 0 Å². The Labute approximate surface area is 216 Å². The minimum atomic E-state index is -0.825. The van der Waals surface area contributed by atoms with Gasteiger partial charge in [0.1, 0.15) is 19.3 Å².